The van der Waals surface area contributed by atoms with Crippen LogP contribution in [0, 0.1) is 12.3 Å². The van der Waals surface area contributed by atoms with Crippen molar-refractivity contribution in [1.82, 2.24) is 5.32 Å². The molecule has 0 aromatic carbocycles. The Hall–Kier alpha value is -0.520. The van der Waals surface area contributed by atoms with E-state index in [4.69, 9.17) is 11.2 Å². The Morgan fingerprint density at radius 2 is 2.07 bits per heavy atom. The zero-order chi connectivity index (χ0) is 10.4. The number of terminal acetylenes is 1. The fourth-order valence-electron chi connectivity index (χ4n) is 2.10. The van der Waals surface area contributed by atoms with E-state index in [1.807, 2.05) is 0 Å². The lowest BCUT2D eigenvalue weighted by Gasteiger charge is -2.30. The molecular weight excluding hydrogens is 174 g/mol. The Labute approximate surface area is 87.4 Å². The Morgan fingerprint density at radius 1 is 1.43 bits per heavy atom. The molecule has 1 rings (SSSR count). The van der Waals surface area contributed by atoms with Gasteiger partial charge in [-0.05, 0) is 32.6 Å². The van der Waals surface area contributed by atoms with Crippen molar-refractivity contribution in [1.29, 1.82) is 0 Å². The van der Waals surface area contributed by atoms with Crippen molar-refractivity contribution in [2.24, 2.45) is 0 Å². The lowest BCUT2D eigenvalue weighted by Crippen LogP contribution is -2.40. The van der Waals surface area contributed by atoms with E-state index in [1.54, 1.807) is 7.11 Å². The maximum Gasteiger partial charge on any atom is 0.0572 e. The smallest absolute Gasteiger partial charge is 0.0572 e. The Kier molecular flexibility index (Phi) is 5.00. The van der Waals surface area contributed by atoms with Crippen molar-refractivity contribution in [2.75, 3.05) is 7.11 Å². The van der Waals surface area contributed by atoms with Gasteiger partial charge < -0.3 is 10.1 Å². The molecule has 0 radical (unpaired) electrons. The van der Waals surface area contributed by atoms with Crippen molar-refractivity contribution in [2.45, 2.75) is 57.2 Å². The second-order valence-corrected chi connectivity index (χ2v) is 4.19. The normalized spacial score (nSPS) is 29.5. The zero-order valence-corrected chi connectivity index (χ0v) is 9.25. The number of methoxy groups -OCH3 is 1. The third kappa shape index (κ3) is 3.69. The molecule has 2 nitrogen and oxygen atoms in total. The van der Waals surface area contributed by atoms with Crippen LogP contribution in [-0.4, -0.2) is 25.3 Å². The van der Waals surface area contributed by atoms with Crippen molar-refractivity contribution in [3.05, 3.63) is 0 Å². The molecule has 0 spiro atoms. The van der Waals surface area contributed by atoms with Crippen molar-refractivity contribution in [3.63, 3.8) is 0 Å². The van der Waals surface area contributed by atoms with Gasteiger partial charge in [0.25, 0.3) is 0 Å². The summed E-state index contributed by atoms with van der Waals surface area (Å²) in [7, 11) is 1.80. The average Bonchev–Trinajstić information content (AvgIpc) is 2.19. The minimum absolute atomic E-state index is 0.448. The molecule has 1 N–H and O–H groups in total. The molecule has 14 heavy (non-hydrogen) atoms. The van der Waals surface area contributed by atoms with E-state index < -0.39 is 0 Å². The van der Waals surface area contributed by atoms with Gasteiger partial charge >= 0.3 is 0 Å². The largest absolute Gasteiger partial charge is 0.381 e. The van der Waals surface area contributed by atoms with Crippen LogP contribution in [0.5, 0.6) is 0 Å². The highest BCUT2D eigenvalue weighted by molar-refractivity contribution is 4.90. The first kappa shape index (κ1) is 11.6. The third-order valence-corrected chi connectivity index (χ3v) is 2.95. The van der Waals surface area contributed by atoms with Crippen LogP contribution in [-0.2, 0) is 4.74 Å². The summed E-state index contributed by atoms with van der Waals surface area (Å²) in [5.74, 6) is 2.69. The Balaban J connectivity index is 2.19. The highest BCUT2D eigenvalue weighted by atomic mass is 16.5. The van der Waals surface area contributed by atoms with Crippen molar-refractivity contribution < 1.29 is 4.74 Å². The number of hydrogen-bond donors (Lipinski definition) is 1. The molecule has 0 amide bonds. The summed E-state index contributed by atoms with van der Waals surface area (Å²) in [5, 5.41) is 3.57. The third-order valence-electron chi connectivity index (χ3n) is 2.95. The lowest BCUT2D eigenvalue weighted by atomic mass is 9.92. The first-order chi connectivity index (χ1) is 6.76. The van der Waals surface area contributed by atoms with Gasteiger partial charge in [0.15, 0.2) is 0 Å². The first-order valence-corrected chi connectivity index (χ1v) is 5.48. The monoisotopic (exact) mass is 195 g/mol. The van der Waals surface area contributed by atoms with Gasteiger partial charge in [0.05, 0.1) is 6.10 Å². The molecule has 1 aliphatic carbocycles. The number of ether oxygens (including phenoxy) is 1. The summed E-state index contributed by atoms with van der Waals surface area (Å²) in [5.41, 5.74) is 0. The Morgan fingerprint density at radius 3 is 2.57 bits per heavy atom. The van der Waals surface area contributed by atoms with E-state index in [-0.39, 0.29) is 0 Å². The summed E-state index contributed by atoms with van der Waals surface area (Å²) < 4.78 is 5.33. The minimum Gasteiger partial charge on any atom is -0.381 e. The highest BCUT2D eigenvalue weighted by Gasteiger charge is 2.21. The van der Waals surface area contributed by atoms with Crippen LogP contribution in [0.2, 0.25) is 0 Å². The molecule has 2 heteroatoms. The van der Waals surface area contributed by atoms with Gasteiger partial charge in [0.2, 0.25) is 0 Å². The molecule has 1 unspecified atom stereocenters. The molecule has 0 bridgehead atoms. The van der Waals surface area contributed by atoms with Gasteiger partial charge in [-0.2, -0.15) is 0 Å². The standard InChI is InChI=1S/C12H21NO/c1-4-5-10(2)13-11-6-8-12(14-3)9-7-11/h1,10-13H,5-9H2,2-3H3. The Bertz CT molecular complexity index is 189. The highest BCUT2D eigenvalue weighted by Crippen LogP contribution is 2.21. The van der Waals surface area contributed by atoms with E-state index >= 15 is 0 Å². The van der Waals surface area contributed by atoms with E-state index in [0.29, 0.717) is 18.2 Å². The van der Waals surface area contributed by atoms with Crippen LogP contribution in [0.15, 0.2) is 0 Å². The first-order valence-electron chi connectivity index (χ1n) is 5.48. The SMILES string of the molecule is C#CCC(C)NC1CCC(OC)CC1. The summed E-state index contributed by atoms with van der Waals surface area (Å²) in [4.78, 5) is 0. The topological polar surface area (TPSA) is 21.3 Å². The summed E-state index contributed by atoms with van der Waals surface area (Å²) >= 11 is 0. The second-order valence-electron chi connectivity index (χ2n) is 4.19. The van der Waals surface area contributed by atoms with Gasteiger partial charge in [-0.15, -0.1) is 12.3 Å². The molecule has 1 atom stereocenters. The summed E-state index contributed by atoms with van der Waals surface area (Å²) in [6.45, 7) is 2.16. The van der Waals surface area contributed by atoms with Crippen LogP contribution >= 0.6 is 0 Å². The molecule has 1 aliphatic rings. The predicted molar refractivity (Wildman–Crippen MR) is 59.1 cm³/mol. The van der Waals surface area contributed by atoms with Gasteiger partial charge in [-0.25, -0.2) is 0 Å². The van der Waals surface area contributed by atoms with Crippen LogP contribution in [0.3, 0.4) is 0 Å². The molecule has 0 aromatic rings. The van der Waals surface area contributed by atoms with Gasteiger partial charge in [-0.1, -0.05) is 0 Å². The van der Waals surface area contributed by atoms with E-state index in [1.165, 1.54) is 25.7 Å². The minimum atomic E-state index is 0.448. The molecule has 80 valence electrons. The van der Waals surface area contributed by atoms with Gasteiger partial charge in [-0.3, -0.25) is 0 Å². The quantitative estimate of drug-likeness (QED) is 0.692. The molecule has 1 fully saturated rings. The molecule has 0 heterocycles. The maximum absolute atomic E-state index is 5.33. The fraction of sp³-hybridized carbons (Fsp3) is 0.833. The van der Waals surface area contributed by atoms with Gasteiger partial charge in [0, 0.05) is 25.6 Å². The summed E-state index contributed by atoms with van der Waals surface area (Å²) in [6.07, 6.45) is 11.4. The molecule has 1 saturated carbocycles. The zero-order valence-electron chi connectivity index (χ0n) is 9.25. The van der Waals surface area contributed by atoms with Crippen LogP contribution in [0.4, 0.5) is 0 Å². The van der Waals surface area contributed by atoms with Crippen LogP contribution in [0.1, 0.15) is 39.0 Å². The molecular formula is C12H21NO. The van der Waals surface area contributed by atoms with E-state index in [9.17, 15) is 0 Å². The fourth-order valence-corrected chi connectivity index (χ4v) is 2.10. The maximum atomic E-state index is 5.33. The summed E-state index contributed by atoms with van der Waals surface area (Å²) in [6, 6.07) is 1.09. The van der Waals surface area contributed by atoms with Gasteiger partial charge in [0.1, 0.15) is 0 Å². The second kappa shape index (κ2) is 6.06. The molecule has 0 aromatic heterocycles. The van der Waals surface area contributed by atoms with E-state index in [2.05, 4.69) is 18.2 Å². The van der Waals surface area contributed by atoms with Crippen molar-refractivity contribution in [3.8, 4) is 12.3 Å². The predicted octanol–water partition coefficient (Wildman–Crippen LogP) is 1.95. The number of hydrogen-bond acceptors (Lipinski definition) is 2. The van der Waals surface area contributed by atoms with Crippen LogP contribution < -0.4 is 5.32 Å². The van der Waals surface area contributed by atoms with Crippen LogP contribution in [0.25, 0.3) is 0 Å². The lowest BCUT2D eigenvalue weighted by molar-refractivity contribution is 0.0614. The number of rotatable bonds is 4. The molecule has 0 aliphatic heterocycles. The molecule has 0 saturated heterocycles. The van der Waals surface area contributed by atoms with E-state index in [0.717, 1.165) is 6.42 Å². The van der Waals surface area contributed by atoms with Crippen molar-refractivity contribution >= 4 is 0 Å². The number of nitrogens with one attached hydrogen (secondary N) is 1. The average molecular weight is 195 g/mol.